The predicted molar refractivity (Wildman–Crippen MR) is 102 cm³/mol. The van der Waals surface area contributed by atoms with Crippen molar-refractivity contribution < 1.29 is 0 Å². The highest BCUT2D eigenvalue weighted by Gasteiger charge is 2.27. The van der Waals surface area contributed by atoms with Crippen LogP contribution in [0.5, 0.6) is 0 Å². The van der Waals surface area contributed by atoms with Gasteiger partial charge >= 0.3 is 0 Å². The Labute approximate surface area is 141 Å². The largest absolute Gasteiger partial charge is 0.316 e. The Morgan fingerprint density at radius 2 is 1.32 bits per heavy atom. The van der Waals surface area contributed by atoms with Crippen LogP contribution in [0, 0.1) is 11.8 Å². The van der Waals surface area contributed by atoms with Crippen molar-refractivity contribution in [2.45, 2.75) is 98.4 Å². The molecular formula is C20H44N2. The summed E-state index contributed by atoms with van der Waals surface area (Å²) >= 11 is 0. The van der Waals surface area contributed by atoms with Gasteiger partial charge < -0.3 is 10.6 Å². The van der Waals surface area contributed by atoms with Crippen molar-refractivity contribution in [2.24, 2.45) is 11.8 Å². The topological polar surface area (TPSA) is 24.1 Å². The van der Waals surface area contributed by atoms with E-state index < -0.39 is 0 Å². The third-order valence-electron chi connectivity index (χ3n) is 4.40. The highest BCUT2D eigenvalue weighted by atomic mass is 15.0. The van der Waals surface area contributed by atoms with Crippen LogP contribution in [0.4, 0.5) is 0 Å². The first kappa shape index (κ1) is 21.9. The van der Waals surface area contributed by atoms with Gasteiger partial charge in [0.25, 0.3) is 0 Å². The maximum Gasteiger partial charge on any atom is 0.0181 e. The Morgan fingerprint density at radius 1 is 0.727 bits per heavy atom. The summed E-state index contributed by atoms with van der Waals surface area (Å²) in [5.74, 6) is 1.51. The summed E-state index contributed by atoms with van der Waals surface area (Å²) in [6, 6.07) is 0. The molecule has 0 aromatic carbocycles. The molecule has 0 saturated heterocycles. The van der Waals surface area contributed by atoms with E-state index in [1.807, 2.05) is 0 Å². The number of unbranched alkanes of at least 4 members (excludes halogenated alkanes) is 2. The molecule has 0 rings (SSSR count). The summed E-state index contributed by atoms with van der Waals surface area (Å²) in [6.07, 6.45) is 10.7. The van der Waals surface area contributed by atoms with Crippen LogP contribution in [0.3, 0.4) is 0 Å². The lowest BCUT2D eigenvalue weighted by Crippen LogP contribution is -2.46. The molecule has 0 aliphatic heterocycles. The molecule has 0 aromatic rings. The fourth-order valence-corrected chi connectivity index (χ4v) is 3.30. The van der Waals surface area contributed by atoms with E-state index in [-0.39, 0.29) is 0 Å². The Bertz CT molecular complexity index is 230. The van der Waals surface area contributed by atoms with Gasteiger partial charge in [-0.25, -0.2) is 0 Å². The van der Waals surface area contributed by atoms with Crippen LogP contribution in [0.25, 0.3) is 0 Å². The number of rotatable bonds is 15. The van der Waals surface area contributed by atoms with Crippen molar-refractivity contribution in [2.75, 3.05) is 19.6 Å². The number of hydrogen-bond donors (Lipinski definition) is 2. The lowest BCUT2D eigenvalue weighted by molar-refractivity contribution is 0.238. The Hall–Kier alpha value is -0.0800. The van der Waals surface area contributed by atoms with Crippen LogP contribution in [-0.4, -0.2) is 25.2 Å². The van der Waals surface area contributed by atoms with Crippen LogP contribution in [0.1, 0.15) is 92.9 Å². The average molecular weight is 313 g/mol. The van der Waals surface area contributed by atoms with Gasteiger partial charge in [-0.1, -0.05) is 67.2 Å². The Kier molecular flexibility index (Phi) is 13.3. The van der Waals surface area contributed by atoms with Crippen LogP contribution in [0.15, 0.2) is 0 Å². The third-order valence-corrected chi connectivity index (χ3v) is 4.40. The summed E-state index contributed by atoms with van der Waals surface area (Å²) in [5, 5.41) is 7.49. The van der Waals surface area contributed by atoms with Gasteiger partial charge in [0.2, 0.25) is 0 Å². The van der Waals surface area contributed by atoms with Crippen molar-refractivity contribution >= 4 is 0 Å². The molecule has 0 heterocycles. The molecule has 22 heavy (non-hydrogen) atoms. The lowest BCUT2D eigenvalue weighted by atomic mass is 9.83. The van der Waals surface area contributed by atoms with Gasteiger partial charge in [-0.3, -0.25) is 0 Å². The molecule has 0 atom stereocenters. The van der Waals surface area contributed by atoms with E-state index in [9.17, 15) is 0 Å². The van der Waals surface area contributed by atoms with Gasteiger partial charge in [0.15, 0.2) is 0 Å². The molecule has 0 fully saturated rings. The van der Waals surface area contributed by atoms with Crippen molar-refractivity contribution in [3.63, 3.8) is 0 Å². The van der Waals surface area contributed by atoms with Gasteiger partial charge in [-0.15, -0.1) is 0 Å². The first-order valence-electron chi connectivity index (χ1n) is 9.91. The average Bonchev–Trinajstić information content (AvgIpc) is 2.44. The van der Waals surface area contributed by atoms with Gasteiger partial charge in [0.1, 0.15) is 0 Å². The monoisotopic (exact) mass is 312 g/mol. The van der Waals surface area contributed by atoms with Crippen LogP contribution < -0.4 is 10.6 Å². The minimum Gasteiger partial charge on any atom is -0.316 e. The quantitative estimate of drug-likeness (QED) is 0.397. The van der Waals surface area contributed by atoms with Crippen molar-refractivity contribution in [1.82, 2.24) is 10.6 Å². The van der Waals surface area contributed by atoms with Gasteiger partial charge in [-0.2, -0.15) is 0 Å². The number of hydrogen-bond acceptors (Lipinski definition) is 2. The van der Waals surface area contributed by atoms with Gasteiger partial charge in [-0.05, 0) is 57.2 Å². The molecule has 2 heteroatoms. The minimum absolute atomic E-state index is 0.402. The van der Waals surface area contributed by atoms with E-state index in [1.165, 1.54) is 57.9 Å². The summed E-state index contributed by atoms with van der Waals surface area (Å²) in [7, 11) is 0. The maximum atomic E-state index is 3.94. The van der Waals surface area contributed by atoms with E-state index >= 15 is 0 Å². The zero-order valence-electron chi connectivity index (χ0n) is 16.4. The molecule has 2 N–H and O–H groups in total. The van der Waals surface area contributed by atoms with Crippen molar-refractivity contribution in [3.8, 4) is 0 Å². The minimum atomic E-state index is 0.402. The van der Waals surface area contributed by atoms with E-state index in [0.717, 1.165) is 24.9 Å². The van der Waals surface area contributed by atoms with E-state index in [4.69, 9.17) is 0 Å². The fourth-order valence-electron chi connectivity index (χ4n) is 3.30. The molecule has 0 aliphatic rings. The predicted octanol–water partition coefficient (Wildman–Crippen LogP) is 5.38. The second-order valence-corrected chi connectivity index (χ2v) is 7.96. The van der Waals surface area contributed by atoms with Gasteiger partial charge in [0, 0.05) is 5.54 Å². The zero-order chi connectivity index (χ0) is 16.8. The molecule has 0 saturated carbocycles. The zero-order valence-corrected chi connectivity index (χ0v) is 16.4. The lowest BCUT2D eigenvalue weighted by Gasteiger charge is -2.36. The standard InChI is InChI=1S/C20H44N2/c1-7-12-20(13-8-2,22-17-19(5)6)14-10-9-11-15-21-16-18(3)4/h18-19,21-22H,7-17H2,1-6H3. The molecule has 0 unspecified atom stereocenters. The first-order chi connectivity index (χ1) is 10.5. The van der Waals surface area contributed by atoms with Crippen LogP contribution >= 0.6 is 0 Å². The van der Waals surface area contributed by atoms with E-state index in [2.05, 4.69) is 52.2 Å². The van der Waals surface area contributed by atoms with E-state index in [0.29, 0.717) is 5.54 Å². The fraction of sp³-hybridized carbons (Fsp3) is 1.00. The number of nitrogens with one attached hydrogen (secondary N) is 2. The maximum absolute atomic E-state index is 3.94. The first-order valence-corrected chi connectivity index (χ1v) is 9.91. The highest BCUT2D eigenvalue weighted by Crippen LogP contribution is 2.26. The van der Waals surface area contributed by atoms with E-state index in [1.54, 1.807) is 0 Å². The van der Waals surface area contributed by atoms with Crippen LogP contribution in [0.2, 0.25) is 0 Å². The Balaban J connectivity index is 4.10. The summed E-state index contributed by atoms with van der Waals surface area (Å²) in [6.45, 7) is 17.4. The Morgan fingerprint density at radius 3 is 1.82 bits per heavy atom. The third kappa shape index (κ3) is 11.5. The summed E-state index contributed by atoms with van der Waals surface area (Å²) < 4.78 is 0. The molecule has 0 spiro atoms. The van der Waals surface area contributed by atoms with Crippen LogP contribution in [-0.2, 0) is 0 Å². The molecule has 0 bridgehead atoms. The van der Waals surface area contributed by atoms with Gasteiger partial charge in [0.05, 0.1) is 0 Å². The summed E-state index contributed by atoms with van der Waals surface area (Å²) in [4.78, 5) is 0. The molecule has 0 radical (unpaired) electrons. The SMILES string of the molecule is CCCC(CCC)(CCCCCNCC(C)C)NCC(C)C. The second-order valence-electron chi connectivity index (χ2n) is 7.96. The molecule has 0 aromatic heterocycles. The molecule has 0 aliphatic carbocycles. The summed E-state index contributed by atoms with van der Waals surface area (Å²) in [5.41, 5.74) is 0.402. The molecule has 0 amide bonds. The normalized spacial score (nSPS) is 12.5. The van der Waals surface area contributed by atoms with Crippen molar-refractivity contribution in [3.05, 3.63) is 0 Å². The highest BCUT2D eigenvalue weighted by molar-refractivity contribution is 4.87. The van der Waals surface area contributed by atoms with Crippen molar-refractivity contribution in [1.29, 1.82) is 0 Å². The molecular weight excluding hydrogens is 268 g/mol. The smallest absolute Gasteiger partial charge is 0.0181 e. The molecule has 134 valence electrons. The second kappa shape index (κ2) is 13.4. The molecule has 2 nitrogen and oxygen atoms in total.